The molecule has 1 aromatic carbocycles. The van der Waals surface area contributed by atoms with Crippen LogP contribution in [0.2, 0.25) is 0 Å². The topological polar surface area (TPSA) is 55.1 Å². The highest BCUT2D eigenvalue weighted by atomic mass is 35.5. The zero-order valence-electron chi connectivity index (χ0n) is 11.4. The van der Waals surface area contributed by atoms with Crippen molar-refractivity contribution in [3.63, 3.8) is 0 Å². The molecule has 2 rings (SSSR count). The zero-order valence-corrected chi connectivity index (χ0v) is 12.2. The van der Waals surface area contributed by atoms with Gasteiger partial charge >= 0.3 is 0 Å². The van der Waals surface area contributed by atoms with Gasteiger partial charge in [0.1, 0.15) is 0 Å². The van der Waals surface area contributed by atoms with Gasteiger partial charge in [0.2, 0.25) is 5.91 Å². The molecule has 0 aromatic heterocycles. The third-order valence-corrected chi connectivity index (χ3v) is 3.78. The molecule has 0 heterocycles. The number of hydrogen-bond acceptors (Lipinski definition) is 2. The van der Waals surface area contributed by atoms with E-state index in [1.54, 1.807) is 0 Å². The summed E-state index contributed by atoms with van der Waals surface area (Å²) < 4.78 is 0. The van der Waals surface area contributed by atoms with E-state index in [9.17, 15) is 4.79 Å². The van der Waals surface area contributed by atoms with E-state index in [1.807, 2.05) is 0 Å². The molecule has 0 saturated heterocycles. The molecule has 1 amide bonds. The number of rotatable bonds is 4. The van der Waals surface area contributed by atoms with Gasteiger partial charge in [-0.15, -0.1) is 12.4 Å². The second-order valence-corrected chi connectivity index (χ2v) is 5.32. The van der Waals surface area contributed by atoms with Gasteiger partial charge in [-0.25, -0.2) is 0 Å². The van der Waals surface area contributed by atoms with Crippen LogP contribution in [0.1, 0.15) is 36.8 Å². The maximum atomic E-state index is 11.8. The van der Waals surface area contributed by atoms with Crippen molar-refractivity contribution in [1.82, 2.24) is 5.32 Å². The number of carbonyl (C=O) groups excluding carboxylic acids is 1. The zero-order chi connectivity index (χ0) is 13.0. The minimum absolute atomic E-state index is 0. The van der Waals surface area contributed by atoms with Gasteiger partial charge < -0.3 is 11.1 Å². The van der Waals surface area contributed by atoms with E-state index in [1.165, 1.54) is 5.56 Å². The van der Waals surface area contributed by atoms with Gasteiger partial charge in [0.05, 0.1) is 0 Å². The maximum absolute atomic E-state index is 11.8. The molecule has 1 aliphatic rings. The lowest BCUT2D eigenvalue weighted by Gasteiger charge is -2.14. The van der Waals surface area contributed by atoms with E-state index in [0.717, 1.165) is 24.8 Å². The van der Waals surface area contributed by atoms with Crippen molar-refractivity contribution >= 4 is 18.3 Å². The average Bonchev–Trinajstić information content (AvgIpc) is 2.74. The number of aryl methyl sites for hydroxylation is 1. The molecule has 0 spiro atoms. The number of benzene rings is 1. The second-order valence-electron chi connectivity index (χ2n) is 5.32. The van der Waals surface area contributed by atoms with Gasteiger partial charge in [-0.05, 0) is 31.2 Å². The highest BCUT2D eigenvalue weighted by molar-refractivity contribution is 5.85. The third kappa shape index (κ3) is 4.84. The van der Waals surface area contributed by atoms with E-state index in [-0.39, 0.29) is 24.4 Å². The van der Waals surface area contributed by atoms with Crippen molar-refractivity contribution in [2.24, 2.45) is 11.7 Å². The summed E-state index contributed by atoms with van der Waals surface area (Å²) in [5.74, 6) is 0.501. The molecule has 0 bridgehead atoms. The lowest BCUT2D eigenvalue weighted by molar-refractivity contribution is -0.122. The standard InChI is InChI=1S/C15H22N2O.ClH/c1-11-5-7-12(8-6-11)10-17-15(18)9-13-3-2-4-14(13)16;/h5-8,13-14H,2-4,9-10,16H2,1H3,(H,17,18);1H/t13-,14+;/m0./s1. The summed E-state index contributed by atoms with van der Waals surface area (Å²) in [7, 11) is 0. The van der Waals surface area contributed by atoms with Crippen molar-refractivity contribution < 1.29 is 4.79 Å². The van der Waals surface area contributed by atoms with Crippen molar-refractivity contribution in [2.75, 3.05) is 0 Å². The van der Waals surface area contributed by atoms with Crippen LogP contribution in [0.4, 0.5) is 0 Å². The highest BCUT2D eigenvalue weighted by Crippen LogP contribution is 2.26. The Labute approximate surface area is 121 Å². The first-order valence-corrected chi connectivity index (χ1v) is 6.73. The van der Waals surface area contributed by atoms with Crippen LogP contribution >= 0.6 is 12.4 Å². The van der Waals surface area contributed by atoms with E-state index in [0.29, 0.717) is 18.9 Å². The van der Waals surface area contributed by atoms with Gasteiger partial charge in [0.15, 0.2) is 0 Å². The molecule has 2 atom stereocenters. The molecule has 3 nitrogen and oxygen atoms in total. The maximum Gasteiger partial charge on any atom is 0.220 e. The summed E-state index contributed by atoms with van der Waals surface area (Å²) in [6.45, 7) is 2.67. The molecule has 1 saturated carbocycles. The molecule has 106 valence electrons. The molecule has 3 N–H and O–H groups in total. The predicted octanol–water partition coefficient (Wildman–Crippen LogP) is 2.55. The lowest BCUT2D eigenvalue weighted by Crippen LogP contribution is -2.31. The SMILES string of the molecule is Cc1ccc(CNC(=O)C[C@@H]2CCC[C@H]2N)cc1.Cl. The number of carbonyl (C=O) groups is 1. The minimum atomic E-state index is 0. The molecule has 1 aliphatic carbocycles. The smallest absolute Gasteiger partial charge is 0.220 e. The van der Waals surface area contributed by atoms with Crippen LogP contribution in [0, 0.1) is 12.8 Å². The first-order chi connectivity index (χ1) is 8.65. The number of nitrogens with one attached hydrogen (secondary N) is 1. The number of amides is 1. The minimum Gasteiger partial charge on any atom is -0.352 e. The van der Waals surface area contributed by atoms with Crippen molar-refractivity contribution in [3.05, 3.63) is 35.4 Å². The number of nitrogens with two attached hydrogens (primary N) is 1. The predicted molar refractivity (Wildman–Crippen MR) is 80.2 cm³/mol. The van der Waals surface area contributed by atoms with Crippen LogP contribution in [0.3, 0.4) is 0 Å². The van der Waals surface area contributed by atoms with E-state index < -0.39 is 0 Å². The van der Waals surface area contributed by atoms with Crippen LogP contribution in [-0.2, 0) is 11.3 Å². The van der Waals surface area contributed by atoms with E-state index >= 15 is 0 Å². The molecular weight excluding hydrogens is 260 g/mol. The van der Waals surface area contributed by atoms with Crippen LogP contribution in [0.15, 0.2) is 24.3 Å². The molecule has 0 unspecified atom stereocenters. The molecule has 0 aliphatic heterocycles. The Morgan fingerprint density at radius 3 is 2.58 bits per heavy atom. The monoisotopic (exact) mass is 282 g/mol. The summed E-state index contributed by atoms with van der Waals surface area (Å²) in [5, 5.41) is 2.97. The highest BCUT2D eigenvalue weighted by Gasteiger charge is 2.25. The Balaban J connectivity index is 0.00000180. The van der Waals surface area contributed by atoms with E-state index in [2.05, 4.69) is 36.5 Å². The van der Waals surface area contributed by atoms with Crippen molar-refractivity contribution in [1.29, 1.82) is 0 Å². The largest absolute Gasteiger partial charge is 0.352 e. The average molecular weight is 283 g/mol. The number of hydrogen-bond donors (Lipinski definition) is 2. The van der Waals surface area contributed by atoms with Gasteiger partial charge in [-0.3, -0.25) is 4.79 Å². The lowest BCUT2D eigenvalue weighted by atomic mass is 10.00. The van der Waals surface area contributed by atoms with Crippen LogP contribution in [0.5, 0.6) is 0 Å². The molecule has 4 heteroatoms. The quantitative estimate of drug-likeness (QED) is 0.892. The Kier molecular flexibility index (Phi) is 6.32. The van der Waals surface area contributed by atoms with Crippen LogP contribution < -0.4 is 11.1 Å². The summed E-state index contributed by atoms with van der Waals surface area (Å²) in [6, 6.07) is 8.45. The fraction of sp³-hybridized carbons (Fsp3) is 0.533. The molecule has 0 radical (unpaired) electrons. The Hall–Kier alpha value is -1.06. The van der Waals surface area contributed by atoms with E-state index in [4.69, 9.17) is 5.73 Å². The van der Waals surface area contributed by atoms with Crippen molar-refractivity contribution in [2.45, 2.75) is 45.2 Å². The summed E-state index contributed by atoms with van der Waals surface area (Å²) >= 11 is 0. The fourth-order valence-electron chi connectivity index (χ4n) is 2.54. The molecular formula is C15H23ClN2O. The Morgan fingerprint density at radius 2 is 2.00 bits per heavy atom. The third-order valence-electron chi connectivity index (χ3n) is 3.78. The van der Waals surface area contributed by atoms with Crippen LogP contribution in [-0.4, -0.2) is 11.9 Å². The van der Waals surface area contributed by atoms with Gasteiger partial charge in [0, 0.05) is 19.0 Å². The van der Waals surface area contributed by atoms with Gasteiger partial charge in [-0.2, -0.15) is 0 Å². The molecule has 1 fully saturated rings. The number of halogens is 1. The normalized spacial score (nSPS) is 21.8. The second kappa shape index (κ2) is 7.51. The molecule has 1 aromatic rings. The summed E-state index contributed by atoms with van der Waals surface area (Å²) in [6.07, 6.45) is 3.90. The summed E-state index contributed by atoms with van der Waals surface area (Å²) in [5.41, 5.74) is 8.35. The van der Waals surface area contributed by atoms with Crippen LogP contribution in [0.25, 0.3) is 0 Å². The first-order valence-electron chi connectivity index (χ1n) is 6.73. The van der Waals surface area contributed by atoms with Gasteiger partial charge in [-0.1, -0.05) is 36.2 Å². The Bertz CT molecular complexity index is 405. The molecule has 19 heavy (non-hydrogen) atoms. The fourth-order valence-corrected chi connectivity index (χ4v) is 2.54. The van der Waals surface area contributed by atoms with Crippen molar-refractivity contribution in [3.8, 4) is 0 Å². The summed E-state index contributed by atoms with van der Waals surface area (Å²) in [4.78, 5) is 11.8. The Morgan fingerprint density at radius 1 is 1.32 bits per heavy atom. The van der Waals surface area contributed by atoms with Gasteiger partial charge in [0.25, 0.3) is 0 Å². The first kappa shape index (κ1) is 16.0.